The maximum absolute atomic E-state index is 11.2. The molecule has 3 aliphatic heterocycles. The minimum absolute atomic E-state index is 0.181. The molecule has 0 aromatic rings. The number of carbonyl (C=O) groups is 2. The van der Waals surface area contributed by atoms with E-state index < -0.39 is 24.7 Å². The van der Waals surface area contributed by atoms with Crippen LogP contribution in [0, 0.1) is 0 Å². The predicted octanol–water partition coefficient (Wildman–Crippen LogP) is -3.94. The van der Waals surface area contributed by atoms with E-state index in [4.69, 9.17) is 11.5 Å². The molecule has 0 aromatic heterocycles. The molecule has 96 valence electrons. The first-order chi connectivity index (χ1) is 8.65. The number of amides is 2. The van der Waals surface area contributed by atoms with Crippen molar-refractivity contribution in [2.75, 3.05) is 0 Å². The number of carbonyl (C=O) groups excluding carboxylic acids is 2. The first-order valence-electron chi connectivity index (χ1n) is 5.31. The van der Waals surface area contributed by atoms with E-state index in [2.05, 4.69) is 20.6 Å². The van der Waals surface area contributed by atoms with Crippen molar-refractivity contribution in [3.8, 4) is 0 Å². The van der Waals surface area contributed by atoms with Crippen LogP contribution in [0.3, 0.4) is 0 Å². The third-order valence-electron chi connectivity index (χ3n) is 3.20. The van der Waals surface area contributed by atoms with Gasteiger partial charge in [0.25, 0.3) is 0 Å². The van der Waals surface area contributed by atoms with E-state index in [9.17, 15) is 9.59 Å². The normalized spacial score (nSPS) is 36.9. The molecule has 4 atom stereocenters. The lowest BCUT2D eigenvalue weighted by molar-refractivity contribution is -0.143. The van der Waals surface area contributed by atoms with Gasteiger partial charge in [0.1, 0.15) is 12.3 Å². The number of nitrogens with one attached hydrogen (secondary N) is 2. The van der Waals surface area contributed by atoms with Crippen molar-refractivity contribution >= 4 is 24.7 Å². The average molecular weight is 252 g/mol. The van der Waals surface area contributed by atoms with Crippen LogP contribution in [0.4, 0.5) is 0 Å². The molecule has 0 aliphatic carbocycles. The lowest BCUT2D eigenvalue weighted by atomic mass is 10.1. The molecule has 0 spiro atoms. The van der Waals surface area contributed by atoms with Crippen LogP contribution in [0.2, 0.25) is 0 Å². The molecule has 0 unspecified atom stereocenters. The Morgan fingerprint density at radius 3 is 1.78 bits per heavy atom. The van der Waals surface area contributed by atoms with Crippen LogP contribution in [0.1, 0.15) is 0 Å². The first-order valence-corrected chi connectivity index (χ1v) is 5.31. The van der Waals surface area contributed by atoms with E-state index in [1.165, 1.54) is 9.80 Å². The molecule has 3 heterocycles. The van der Waals surface area contributed by atoms with Gasteiger partial charge in [-0.1, -0.05) is 0 Å². The molecule has 10 heteroatoms. The zero-order valence-electron chi connectivity index (χ0n) is 9.22. The van der Waals surface area contributed by atoms with Crippen molar-refractivity contribution < 1.29 is 9.59 Å². The van der Waals surface area contributed by atoms with Crippen LogP contribution in [0.15, 0.2) is 9.98 Å². The van der Waals surface area contributed by atoms with Crippen molar-refractivity contribution in [2.45, 2.75) is 24.7 Å². The van der Waals surface area contributed by atoms with Crippen LogP contribution in [-0.2, 0) is 9.59 Å². The van der Waals surface area contributed by atoms with Crippen molar-refractivity contribution in [1.82, 2.24) is 20.4 Å². The van der Waals surface area contributed by atoms with Crippen molar-refractivity contribution in [3.63, 3.8) is 0 Å². The van der Waals surface area contributed by atoms with Crippen LogP contribution in [0.25, 0.3) is 0 Å². The molecule has 0 saturated carbocycles. The number of hydrogen-bond donors (Lipinski definition) is 4. The van der Waals surface area contributed by atoms with E-state index in [0.717, 1.165) is 0 Å². The molecule has 0 bridgehead atoms. The Hall–Kier alpha value is -2.52. The summed E-state index contributed by atoms with van der Waals surface area (Å²) in [7, 11) is 0. The van der Waals surface area contributed by atoms with Gasteiger partial charge >= 0.3 is 0 Å². The molecule has 6 N–H and O–H groups in total. The highest BCUT2D eigenvalue weighted by molar-refractivity contribution is 5.83. The predicted molar refractivity (Wildman–Crippen MR) is 60.5 cm³/mol. The third kappa shape index (κ3) is 1.22. The zero-order chi connectivity index (χ0) is 12.9. The van der Waals surface area contributed by atoms with Gasteiger partial charge in [0.05, 0.1) is 0 Å². The number of nitrogens with zero attached hydrogens (tertiary/aromatic N) is 4. The average Bonchev–Trinajstić information content (AvgIpc) is 2.87. The van der Waals surface area contributed by atoms with Crippen LogP contribution < -0.4 is 22.1 Å². The van der Waals surface area contributed by atoms with E-state index in [-0.39, 0.29) is 11.9 Å². The number of fused-ring (bicyclic) bond motifs is 2. The van der Waals surface area contributed by atoms with Crippen molar-refractivity contribution in [1.29, 1.82) is 0 Å². The Labute approximate surface area is 102 Å². The highest BCUT2D eigenvalue weighted by atomic mass is 16.1. The number of nitrogens with two attached hydrogens (primary N) is 2. The lowest BCUT2D eigenvalue weighted by Crippen LogP contribution is -2.70. The Balaban J connectivity index is 2.01. The maximum Gasteiger partial charge on any atom is 0.213 e. The minimum atomic E-state index is -0.592. The third-order valence-corrected chi connectivity index (χ3v) is 3.20. The Morgan fingerprint density at radius 1 is 0.944 bits per heavy atom. The van der Waals surface area contributed by atoms with Crippen LogP contribution >= 0.6 is 0 Å². The fraction of sp³-hybridized carbons (Fsp3) is 0.500. The Morgan fingerprint density at radius 2 is 1.39 bits per heavy atom. The molecule has 3 aliphatic rings. The second kappa shape index (κ2) is 3.48. The van der Waals surface area contributed by atoms with E-state index in [1.54, 1.807) is 0 Å². The van der Waals surface area contributed by atoms with Gasteiger partial charge in [0.2, 0.25) is 12.8 Å². The van der Waals surface area contributed by atoms with Gasteiger partial charge in [-0.25, -0.2) is 9.98 Å². The molecule has 0 aromatic carbocycles. The molecule has 18 heavy (non-hydrogen) atoms. The number of hydrogen-bond acceptors (Lipinski definition) is 8. The fourth-order valence-electron chi connectivity index (χ4n) is 2.45. The topological polar surface area (TPSA) is 141 Å². The number of guanidine groups is 2. The highest BCUT2D eigenvalue weighted by Gasteiger charge is 2.52. The SMILES string of the molecule is NC1=N[C@H]2[C@H](N1)N(C=O)[C@H]1NC(N)=N[C@@H]1N2C=O. The van der Waals surface area contributed by atoms with Gasteiger partial charge < -0.3 is 22.1 Å². The largest absolute Gasteiger partial charge is 0.370 e. The second-order valence-electron chi connectivity index (χ2n) is 4.14. The number of rotatable bonds is 2. The lowest BCUT2D eigenvalue weighted by Gasteiger charge is -2.45. The smallest absolute Gasteiger partial charge is 0.213 e. The molecular weight excluding hydrogens is 240 g/mol. The van der Waals surface area contributed by atoms with E-state index in [1.807, 2.05) is 0 Å². The summed E-state index contributed by atoms with van der Waals surface area (Å²) in [4.78, 5) is 33.4. The van der Waals surface area contributed by atoms with Gasteiger partial charge in [-0.3, -0.25) is 19.4 Å². The zero-order valence-corrected chi connectivity index (χ0v) is 9.22. The van der Waals surface area contributed by atoms with Crippen molar-refractivity contribution in [3.05, 3.63) is 0 Å². The summed E-state index contributed by atoms with van der Waals surface area (Å²) in [5.41, 5.74) is 11.2. The van der Waals surface area contributed by atoms with Gasteiger partial charge in [-0.15, -0.1) is 0 Å². The van der Waals surface area contributed by atoms with Crippen LogP contribution in [0.5, 0.6) is 0 Å². The number of piperazine rings is 1. The summed E-state index contributed by atoms with van der Waals surface area (Å²) in [6, 6.07) is 0. The summed E-state index contributed by atoms with van der Waals surface area (Å²) < 4.78 is 0. The molecule has 1 fully saturated rings. The highest BCUT2D eigenvalue weighted by Crippen LogP contribution is 2.28. The van der Waals surface area contributed by atoms with Gasteiger partial charge in [0, 0.05) is 0 Å². The summed E-state index contributed by atoms with van der Waals surface area (Å²) in [6.07, 6.45) is -0.925. The minimum Gasteiger partial charge on any atom is -0.370 e. The number of aliphatic imine (C=N–C) groups is 2. The summed E-state index contributed by atoms with van der Waals surface area (Å²) >= 11 is 0. The molecule has 2 amide bonds. The van der Waals surface area contributed by atoms with Gasteiger partial charge in [-0.2, -0.15) is 0 Å². The summed E-state index contributed by atoms with van der Waals surface area (Å²) in [5.74, 6) is 0.362. The monoisotopic (exact) mass is 252 g/mol. The molecule has 1 saturated heterocycles. The van der Waals surface area contributed by atoms with Gasteiger partial charge in [-0.05, 0) is 0 Å². The fourth-order valence-corrected chi connectivity index (χ4v) is 2.45. The Kier molecular flexibility index (Phi) is 2.06. The van der Waals surface area contributed by atoms with E-state index >= 15 is 0 Å². The first kappa shape index (κ1) is 10.6. The van der Waals surface area contributed by atoms with Gasteiger partial charge in [0.15, 0.2) is 24.3 Å². The van der Waals surface area contributed by atoms with E-state index in [0.29, 0.717) is 12.8 Å². The molecule has 10 nitrogen and oxygen atoms in total. The standard InChI is InChI=1S/C8H12N8O2/c9-7-11-3-5(13-7)16(2-18)6-4(15(3)1-17)12-8(10)14-6/h1-6H,(H3,9,11,13)(H3,10,12,14)/t3-,4-,5-,6-/m1/s1. The van der Waals surface area contributed by atoms with Crippen molar-refractivity contribution in [2.24, 2.45) is 21.5 Å². The molecule has 0 radical (unpaired) electrons. The maximum atomic E-state index is 11.2. The summed E-state index contributed by atoms with van der Waals surface area (Å²) in [6.45, 7) is 0. The quantitative estimate of drug-likeness (QED) is 0.370. The summed E-state index contributed by atoms with van der Waals surface area (Å²) in [5, 5.41) is 5.68. The second-order valence-corrected chi connectivity index (χ2v) is 4.14. The molecule has 3 rings (SSSR count). The molecular formula is C8H12N8O2. The van der Waals surface area contributed by atoms with Crippen LogP contribution in [-0.4, -0.2) is 59.2 Å². The Bertz CT molecular complexity index is 428.